The van der Waals surface area contributed by atoms with E-state index in [0.717, 1.165) is 0 Å². The van der Waals surface area contributed by atoms with E-state index >= 15 is 0 Å². The van der Waals surface area contributed by atoms with Crippen molar-refractivity contribution < 1.29 is 19.5 Å². The third-order valence-electron chi connectivity index (χ3n) is 3.84. The summed E-state index contributed by atoms with van der Waals surface area (Å²) in [6.45, 7) is 7.52. The molecule has 0 aliphatic carbocycles. The molecule has 0 bridgehead atoms. The number of carbonyl (C=O) groups excluding carboxylic acids is 2. The fraction of sp³-hybridized carbons (Fsp3) is 0.526. The Bertz CT molecular complexity index is 584. The molecular weight excluding hydrogens is 320 g/mol. The van der Waals surface area contributed by atoms with Crippen molar-refractivity contribution >= 4 is 17.8 Å². The second-order valence-electron chi connectivity index (χ2n) is 6.93. The highest BCUT2D eigenvalue weighted by Crippen LogP contribution is 2.15. The van der Waals surface area contributed by atoms with Gasteiger partial charge in [0.1, 0.15) is 6.04 Å². The maximum absolute atomic E-state index is 12.4. The molecule has 2 unspecified atom stereocenters. The summed E-state index contributed by atoms with van der Waals surface area (Å²) in [6, 6.07) is 8.08. The van der Waals surface area contributed by atoms with Gasteiger partial charge in [-0.2, -0.15) is 0 Å². The number of aliphatic carboxylic acids is 1. The van der Waals surface area contributed by atoms with Gasteiger partial charge in [-0.3, -0.25) is 14.4 Å². The molecule has 2 amide bonds. The fourth-order valence-electron chi connectivity index (χ4n) is 2.48. The van der Waals surface area contributed by atoms with Crippen LogP contribution in [0.3, 0.4) is 0 Å². The summed E-state index contributed by atoms with van der Waals surface area (Å²) in [5.74, 6) is -2.28. The number of rotatable bonds is 9. The molecule has 6 nitrogen and oxygen atoms in total. The average molecular weight is 348 g/mol. The molecular formula is C19H28N2O4. The second-order valence-corrected chi connectivity index (χ2v) is 6.93. The number of carboxylic acids is 1. The molecule has 25 heavy (non-hydrogen) atoms. The summed E-state index contributed by atoms with van der Waals surface area (Å²) in [4.78, 5) is 35.9. The lowest BCUT2D eigenvalue weighted by Gasteiger charge is -2.23. The summed E-state index contributed by atoms with van der Waals surface area (Å²) in [6.07, 6.45) is 0.346. The Morgan fingerprint density at radius 3 is 2.12 bits per heavy atom. The van der Waals surface area contributed by atoms with Crippen LogP contribution in [0.2, 0.25) is 0 Å². The van der Waals surface area contributed by atoms with Crippen LogP contribution < -0.4 is 10.6 Å². The van der Waals surface area contributed by atoms with Gasteiger partial charge in [-0.1, -0.05) is 58.0 Å². The van der Waals surface area contributed by atoms with Crippen molar-refractivity contribution in [1.82, 2.24) is 10.6 Å². The number of hydrogen-bond acceptors (Lipinski definition) is 3. The Morgan fingerprint density at radius 2 is 1.64 bits per heavy atom. The van der Waals surface area contributed by atoms with E-state index in [4.69, 9.17) is 0 Å². The average Bonchev–Trinajstić information content (AvgIpc) is 2.52. The Hall–Kier alpha value is -2.37. The molecule has 1 aromatic rings. The normalized spacial score (nSPS) is 13.4. The minimum Gasteiger partial charge on any atom is -0.481 e. The zero-order valence-electron chi connectivity index (χ0n) is 15.3. The van der Waals surface area contributed by atoms with Crippen molar-refractivity contribution in [3.8, 4) is 0 Å². The Balaban J connectivity index is 2.72. The van der Waals surface area contributed by atoms with Crippen molar-refractivity contribution in [3.05, 3.63) is 35.9 Å². The maximum atomic E-state index is 12.4. The smallest absolute Gasteiger partial charge is 0.312 e. The SMILES string of the molecule is CC(C)CC(=O)NC(C(=O)NCC(C(=O)O)c1ccccc1)C(C)C. The number of benzene rings is 1. The topological polar surface area (TPSA) is 95.5 Å². The third-order valence-corrected chi connectivity index (χ3v) is 3.84. The van der Waals surface area contributed by atoms with E-state index in [1.165, 1.54) is 0 Å². The lowest BCUT2D eigenvalue weighted by atomic mass is 9.98. The molecule has 0 fully saturated rings. The molecule has 3 N–H and O–H groups in total. The number of carbonyl (C=O) groups is 3. The summed E-state index contributed by atoms with van der Waals surface area (Å²) in [7, 11) is 0. The molecule has 1 aromatic carbocycles. The fourth-order valence-corrected chi connectivity index (χ4v) is 2.48. The largest absolute Gasteiger partial charge is 0.481 e. The third kappa shape index (κ3) is 6.95. The van der Waals surface area contributed by atoms with Gasteiger partial charge in [0, 0.05) is 13.0 Å². The van der Waals surface area contributed by atoms with Crippen LogP contribution in [0.15, 0.2) is 30.3 Å². The van der Waals surface area contributed by atoms with Crippen LogP contribution in [0.5, 0.6) is 0 Å². The van der Waals surface area contributed by atoms with Crippen molar-refractivity contribution in [1.29, 1.82) is 0 Å². The molecule has 6 heteroatoms. The molecule has 0 aliphatic heterocycles. The highest BCUT2D eigenvalue weighted by atomic mass is 16.4. The predicted octanol–water partition coefficient (Wildman–Crippen LogP) is 2.16. The van der Waals surface area contributed by atoms with E-state index in [2.05, 4.69) is 10.6 Å². The molecule has 2 atom stereocenters. The summed E-state index contributed by atoms with van der Waals surface area (Å²) in [5.41, 5.74) is 0.625. The van der Waals surface area contributed by atoms with E-state index in [1.807, 2.05) is 27.7 Å². The lowest BCUT2D eigenvalue weighted by Crippen LogP contribution is -2.50. The molecule has 0 radical (unpaired) electrons. The molecule has 0 aliphatic rings. The Kier molecular flexibility index (Phi) is 8.11. The van der Waals surface area contributed by atoms with Gasteiger partial charge >= 0.3 is 5.97 Å². The summed E-state index contributed by atoms with van der Waals surface area (Å²) < 4.78 is 0. The lowest BCUT2D eigenvalue weighted by molar-refractivity contribution is -0.139. The van der Waals surface area contributed by atoms with Gasteiger partial charge in [-0.05, 0) is 17.4 Å². The van der Waals surface area contributed by atoms with E-state index in [9.17, 15) is 19.5 Å². The Morgan fingerprint density at radius 1 is 1.04 bits per heavy atom. The van der Waals surface area contributed by atoms with Crippen LogP contribution in [0.1, 0.15) is 45.6 Å². The van der Waals surface area contributed by atoms with Gasteiger partial charge in [-0.15, -0.1) is 0 Å². The zero-order valence-corrected chi connectivity index (χ0v) is 15.3. The van der Waals surface area contributed by atoms with Crippen molar-refractivity contribution in [2.45, 2.75) is 46.1 Å². The number of amides is 2. The van der Waals surface area contributed by atoms with E-state index in [1.54, 1.807) is 30.3 Å². The first kappa shape index (κ1) is 20.7. The second kappa shape index (κ2) is 9.81. The standard InChI is InChI=1S/C19H28N2O4/c1-12(2)10-16(22)21-17(13(3)4)18(23)20-11-15(19(24)25)14-8-6-5-7-9-14/h5-9,12-13,15,17H,10-11H2,1-4H3,(H,20,23)(H,21,22)(H,24,25). The van der Waals surface area contributed by atoms with Gasteiger partial charge in [0.15, 0.2) is 0 Å². The van der Waals surface area contributed by atoms with Crippen LogP contribution in [-0.4, -0.2) is 35.5 Å². The van der Waals surface area contributed by atoms with Crippen LogP contribution in [0.25, 0.3) is 0 Å². The first-order chi connectivity index (χ1) is 11.7. The number of carboxylic acid groups (broad SMARTS) is 1. The number of nitrogens with one attached hydrogen (secondary N) is 2. The molecule has 0 saturated carbocycles. The van der Waals surface area contributed by atoms with Crippen molar-refractivity contribution in [3.63, 3.8) is 0 Å². The van der Waals surface area contributed by atoms with E-state index in [0.29, 0.717) is 12.0 Å². The quantitative estimate of drug-likeness (QED) is 0.637. The highest BCUT2D eigenvalue weighted by Gasteiger charge is 2.26. The van der Waals surface area contributed by atoms with E-state index in [-0.39, 0.29) is 30.2 Å². The van der Waals surface area contributed by atoms with Crippen LogP contribution in [0, 0.1) is 11.8 Å². The minimum atomic E-state index is -1.00. The first-order valence-electron chi connectivity index (χ1n) is 8.57. The highest BCUT2D eigenvalue weighted by molar-refractivity contribution is 5.88. The van der Waals surface area contributed by atoms with Gasteiger partial charge < -0.3 is 15.7 Å². The Labute approximate surface area is 149 Å². The summed E-state index contributed by atoms with van der Waals surface area (Å²) >= 11 is 0. The zero-order chi connectivity index (χ0) is 19.0. The van der Waals surface area contributed by atoms with Crippen LogP contribution >= 0.6 is 0 Å². The first-order valence-corrected chi connectivity index (χ1v) is 8.57. The van der Waals surface area contributed by atoms with Crippen molar-refractivity contribution in [2.75, 3.05) is 6.54 Å². The minimum absolute atomic E-state index is 0.0263. The monoisotopic (exact) mass is 348 g/mol. The predicted molar refractivity (Wildman–Crippen MR) is 96.1 cm³/mol. The molecule has 1 rings (SSSR count). The van der Waals surface area contributed by atoms with Crippen LogP contribution in [-0.2, 0) is 14.4 Å². The van der Waals surface area contributed by atoms with Crippen molar-refractivity contribution in [2.24, 2.45) is 11.8 Å². The summed E-state index contributed by atoms with van der Waals surface area (Å²) in [5, 5.41) is 14.8. The van der Waals surface area contributed by atoms with Gasteiger partial charge in [-0.25, -0.2) is 0 Å². The van der Waals surface area contributed by atoms with Gasteiger partial charge in [0.05, 0.1) is 5.92 Å². The van der Waals surface area contributed by atoms with E-state index < -0.39 is 17.9 Å². The van der Waals surface area contributed by atoms with Crippen LogP contribution in [0.4, 0.5) is 0 Å². The van der Waals surface area contributed by atoms with Gasteiger partial charge in [0.25, 0.3) is 0 Å². The maximum Gasteiger partial charge on any atom is 0.312 e. The molecule has 0 heterocycles. The molecule has 0 aromatic heterocycles. The van der Waals surface area contributed by atoms with Gasteiger partial charge in [0.2, 0.25) is 11.8 Å². The molecule has 0 saturated heterocycles. The molecule has 0 spiro atoms. The molecule has 138 valence electrons. The number of hydrogen-bond donors (Lipinski definition) is 3.